The van der Waals surface area contributed by atoms with Crippen LogP contribution in [0.15, 0.2) is 64.8 Å². The Hall–Kier alpha value is -3.11. The lowest BCUT2D eigenvalue weighted by atomic mass is 10.2. The summed E-state index contributed by atoms with van der Waals surface area (Å²) in [6, 6.07) is 15.7. The number of nitriles is 1. The molecule has 0 unspecified atom stereocenters. The Morgan fingerprint density at radius 2 is 1.96 bits per heavy atom. The molecule has 2 amide bonds. The van der Waals surface area contributed by atoms with Crippen molar-refractivity contribution in [1.82, 2.24) is 5.32 Å². The molecule has 0 radical (unpaired) electrons. The number of nitrogens with two attached hydrogens (primary N) is 1. The molecule has 0 fully saturated rings. The summed E-state index contributed by atoms with van der Waals surface area (Å²) in [5, 5.41) is 12.2. The fraction of sp³-hybridized carbons (Fsp3) is 0.105. The monoisotopic (exact) mass is 412 g/mol. The third-order valence-corrected chi connectivity index (χ3v) is 3.95. The van der Waals surface area contributed by atoms with Gasteiger partial charge in [-0.1, -0.05) is 28.1 Å². The smallest absolute Gasteiger partial charge is 0.277 e. The van der Waals surface area contributed by atoms with Gasteiger partial charge in [0.15, 0.2) is 0 Å². The number of imide groups is 1. The van der Waals surface area contributed by atoms with Crippen molar-refractivity contribution in [1.29, 1.82) is 5.26 Å². The number of carbonyl (C=O) groups excluding carboxylic acids is 2. The molecule has 0 aliphatic carbocycles. The highest BCUT2D eigenvalue weighted by molar-refractivity contribution is 9.10. The standard InChI is InChI=1S/C19H17BrN4O2/c1-13(25)24(18-7-5-17(22)6-8-18)19(26)15(10-21)12-23-11-14-3-2-4-16(20)9-14/h2-9,12,23H,11,22H2,1H3/b15-12-. The molecule has 0 saturated heterocycles. The summed E-state index contributed by atoms with van der Waals surface area (Å²) in [4.78, 5) is 25.5. The van der Waals surface area contributed by atoms with Crippen LogP contribution < -0.4 is 16.0 Å². The summed E-state index contributed by atoms with van der Waals surface area (Å²) in [5.74, 6) is -1.19. The Morgan fingerprint density at radius 3 is 2.54 bits per heavy atom. The van der Waals surface area contributed by atoms with Crippen LogP contribution in [0.2, 0.25) is 0 Å². The Kier molecular flexibility index (Phi) is 6.53. The molecular formula is C19H17BrN4O2. The maximum absolute atomic E-state index is 12.6. The van der Waals surface area contributed by atoms with Crippen LogP contribution in [0.5, 0.6) is 0 Å². The first-order valence-corrected chi connectivity index (χ1v) is 8.50. The Bertz CT molecular complexity index is 885. The molecule has 3 N–H and O–H groups in total. The van der Waals surface area contributed by atoms with Crippen LogP contribution in [0, 0.1) is 11.3 Å². The number of hydrogen-bond acceptors (Lipinski definition) is 5. The third kappa shape index (κ3) is 4.94. The molecular weight excluding hydrogens is 396 g/mol. The van der Waals surface area contributed by atoms with Crippen LogP contribution in [-0.4, -0.2) is 11.8 Å². The van der Waals surface area contributed by atoms with Crippen LogP contribution in [0.4, 0.5) is 11.4 Å². The van der Waals surface area contributed by atoms with Crippen LogP contribution in [-0.2, 0) is 16.1 Å². The molecule has 2 rings (SSSR count). The second kappa shape index (κ2) is 8.83. The SMILES string of the molecule is CC(=O)N(C(=O)/C(C#N)=C\NCc1cccc(Br)c1)c1ccc(N)cc1. The van der Waals surface area contributed by atoms with Gasteiger partial charge < -0.3 is 11.1 Å². The van der Waals surface area contributed by atoms with E-state index in [4.69, 9.17) is 5.73 Å². The Balaban J connectivity index is 2.18. The van der Waals surface area contributed by atoms with Crippen molar-refractivity contribution in [2.75, 3.05) is 10.6 Å². The van der Waals surface area contributed by atoms with Gasteiger partial charge in [-0.2, -0.15) is 5.26 Å². The van der Waals surface area contributed by atoms with Gasteiger partial charge in [-0.3, -0.25) is 9.59 Å². The van der Waals surface area contributed by atoms with Gasteiger partial charge in [0.25, 0.3) is 5.91 Å². The minimum atomic E-state index is -0.702. The maximum Gasteiger partial charge on any atom is 0.277 e. The summed E-state index contributed by atoms with van der Waals surface area (Å²) in [6.45, 7) is 1.69. The van der Waals surface area contributed by atoms with E-state index in [1.54, 1.807) is 24.3 Å². The lowest BCUT2D eigenvalue weighted by Gasteiger charge is -2.19. The fourth-order valence-corrected chi connectivity index (χ4v) is 2.69. The Morgan fingerprint density at radius 1 is 1.27 bits per heavy atom. The van der Waals surface area contributed by atoms with E-state index in [9.17, 15) is 14.9 Å². The molecule has 0 bridgehead atoms. The first-order valence-electron chi connectivity index (χ1n) is 7.71. The van der Waals surface area contributed by atoms with Crippen LogP contribution in [0.3, 0.4) is 0 Å². The molecule has 132 valence electrons. The van der Waals surface area contributed by atoms with Gasteiger partial charge in [0, 0.05) is 29.8 Å². The van der Waals surface area contributed by atoms with Crippen molar-refractivity contribution in [3.63, 3.8) is 0 Å². The number of nitrogens with zero attached hydrogens (tertiary/aromatic N) is 2. The molecule has 0 aromatic heterocycles. The average molecular weight is 413 g/mol. The van der Waals surface area contributed by atoms with E-state index in [0.717, 1.165) is 14.9 Å². The van der Waals surface area contributed by atoms with Crippen molar-refractivity contribution >= 4 is 39.1 Å². The lowest BCUT2D eigenvalue weighted by Crippen LogP contribution is -2.36. The van der Waals surface area contributed by atoms with E-state index in [1.807, 2.05) is 30.3 Å². The first kappa shape index (κ1) is 19.2. The zero-order chi connectivity index (χ0) is 19.1. The molecule has 26 heavy (non-hydrogen) atoms. The van der Waals surface area contributed by atoms with Crippen molar-refractivity contribution in [3.8, 4) is 6.07 Å². The molecule has 2 aromatic rings. The quantitative estimate of drug-likeness (QED) is 0.446. The predicted octanol–water partition coefficient (Wildman–Crippen LogP) is 3.11. The van der Waals surface area contributed by atoms with Crippen molar-refractivity contribution in [2.24, 2.45) is 0 Å². The molecule has 0 saturated carbocycles. The number of nitrogen functional groups attached to an aromatic ring is 1. The highest BCUT2D eigenvalue weighted by atomic mass is 79.9. The zero-order valence-electron chi connectivity index (χ0n) is 14.1. The van der Waals surface area contributed by atoms with Gasteiger partial charge in [0.1, 0.15) is 11.6 Å². The van der Waals surface area contributed by atoms with E-state index in [0.29, 0.717) is 17.9 Å². The molecule has 2 aromatic carbocycles. The number of nitrogens with one attached hydrogen (secondary N) is 1. The molecule has 0 aliphatic rings. The molecule has 0 spiro atoms. The molecule has 6 nitrogen and oxygen atoms in total. The largest absolute Gasteiger partial charge is 0.399 e. The topological polar surface area (TPSA) is 99.2 Å². The third-order valence-electron chi connectivity index (χ3n) is 3.46. The van der Waals surface area contributed by atoms with E-state index < -0.39 is 11.8 Å². The minimum Gasteiger partial charge on any atom is -0.399 e. The molecule has 7 heteroatoms. The zero-order valence-corrected chi connectivity index (χ0v) is 15.7. The molecule has 0 heterocycles. The molecule has 0 atom stereocenters. The second-order valence-electron chi connectivity index (χ2n) is 5.43. The van der Waals surface area contributed by atoms with Gasteiger partial charge in [-0.15, -0.1) is 0 Å². The Labute approximate surface area is 160 Å². The number of carbonyl (C=O) groups is 2. The summed E-state index contributed by atoms with van der Waals surface area (Å²) < 4.78 is 0.934. The van der Waals surface area contributed by atoms with E-state index in [2.05, 4.69) is 21.2 Å². The lowest BCUT2D eigenvalue weighted by molar-refractivity contribution is -0.123. The number of halogens is 1. The van der Waals surface area contributed by atoms with E-state index in [-0.39, 0.29) is 5.57 Å². The summed E-state index contributed by atoms with van der Waals surface area (Å²) >= 11 is 3.38. The predicted molar refractivity (Wildman–Crippen MR) is 104 cm³/mol. The summed E-state index contributed by atoms with van der Waals surface area (Å²) in [5.41, 5.74) is 7.29. The van der Waals surface area contributed by atoms with Crippen molar-refractivity contribution < 1.29 is 9.59 Å². The first-order chi connectivity index (χ1) is 12.4. The van der Waals surface area contributed by atoms with Gasteiger partial charge >= 0.3 is 0 Å². The van der Waals surface area contributed by atoms with Crippen molar-refractivity contribution in [3.05, 3.63) is 70.3 Å². The highest BCUT2D eigenvalue weighted by Crippen LogP contribution is 2.19. The number of anilines is 2. The van der Waals surface area contributed by atoms with Gasteiger partial charge in [0.2, 0.25) is 5.91 Å². The van der Waals surface area contributed by atoms with E-state index in [1.165, 1.54) is 13.1 Å². The maximum atomic E-state index is 12.6. The average Bonchev–Trinajstić information content (AvgIpc) is 2.60. The summed E-state index contributed by atoms with van der Waals surface area (Å²) in [6.07, 6.45) is 1.32. The summed E-state index contributed by atoms with van der Waals surface area (Å²) in [7, 11) is 0. The van der Waals surface area contributed by atoms with Crippen LogP contribution >= 0.6 is 15.9 Å². The highest BCUT2D eigenvalue weighted by Gasteiger charge is 2.23. The van der Waals surface area contributed by atoms with Crippen LogP contribution in [0.25, 0.3) is 0 Å². The second-order valence-corrected chi connectivity index (χ2v) is 6.35. The van der Waals surface area contributed by atoms with Gasteiger partial charge in [0.05, 0.1) is 5.69 Å². The minimum absolute atomic E-state index is 0.174. The van der Waals surface area contributed by atoms with E-state index >= 15 is 0 Å². The normalized spacial score (nSPS) is 10.7. The van der Waals surface area contributed by atoms with Gasteiger partial charge in [-0.25, -0.2) is 4.90 Å². The number of amides is 2. The van der Waals surface area contributed by atoms with Crippen LogP contribution in [0.1, 0.15) is 12.5 Å². The van der Waals surface area contributed by atoms with Crippen molar-refractivity contribution in [2.45, 2.75) is 13.5 Å². The molecule has 0 aliphatic heterocycles. The van der Waals surface area contributed by atoms with Gasteiger partial charge in [-0.05, 0) is 42.0 Å². The fourth-order valence-electron chi connectivity index (χ4n) is 2.25. The number of hydrogen-bond donors (Lipinski definition) is 2. The number of benzene rings is 2. The number of rotatable bonds is 5.